The van der Waals surface area contributed by atoms with Gasteiger partial charge in [-0.3, -0.25) is 4.98 Å². The highest BCUT2D eigenvalue weighted by atomic mass is 15.2. The van der Waals surface area contributed by atoms with Gasteiger partial charge in [0, 0.05) is 25.2 Å². The SMILES string of the molecule is CCC(CC)N(CC(C)C)c1cnc(CNC2CC2)cn1. The van der Waals surface area contributed by atoms with Crippen molar-refractivity contribution in [3.8, 4) is 0 Å². The van der Waals surface area contributed by atoms with Crippen LogP contribution in [-0.2, 0) is 6.54 Å². The number of anilines is 1. The van der Waals surface area contributed by atoms with Crippen molar-refractivity contribution in [2.24, 2.45) is 5.92 Å². The average Bonchev–Trinajstić information content (AvgIpc) is 3.30. The number of hydrogen-bond donors (Lipinski definition) is 1. The molecule has 0 aliphatic heterocycles. The van der Waals surface area contributed by atoms with Crippen molar-refractivity contribution in [2.45, 2.75) is 72.0 Å². The maximum atomic E-state index is 4.67. The minimum atomic E-state index is 0.553. The van der Waals surface area contributed by atoms with E-state index in [0.29, 0.717) is 18.0 Å². The molecule has 0 saturated heterocycles. The average molecular weight is 290 g/mol. The summed E-state index contributed by atoms with van der Waals surface area (Å²) in [6.45, 7) is 10.9. The molecule has 0 bridgehead atoms. The number of nitrogens with one attached hydrogen (secondary N) is 1. The van der Waals surface area contributed by atoms with Crippen LogP contribution in [0.4, 0.5) is 5.82 Å². The maximum absolute atomic E-state index is 4.67. The highest BCUT2D eigenvalue weighted by Gasteiger charge is 2.21. The highest BCUT2D eigenvalue weighted by Crippen LogP contribution is 2.20. The third-order valence-corrected chi connectivity index (χ3v) is 4.08. The van der Waals surface area contributed by atoms with E-state index in [1.54, 1.807) is 0 Å². The smallest absolute Gasteiger partial charge is 0.147 e. The fourth-order valence-corrected chi connectivity index (χ4v) is 2.68. The van der Waals surface area contributed by atoms with Gasteiger partial charge in [-0.05, 0) is 31.6 Å². The molecular weight excluding hydrogens is 260 g/mol. The van der Waals surface area contributed by atoms with E-state index in [9.17, 15) is 0 Å². The molecule has 0 spiro atoms. The lowest BCUT2D eigenvalue weighted by Gasteiger charge is -2.32. The van der Waals surface area contributed by atoms with Crippen LogP contribution in [0.15, 0.2) is 12.4 Å². The summed E-state index contributed by atoms with van der Waals surface area (Å²) in [5.74, 6) is 1.65. The molecule has 0 radical (unpaired) electrons. The summed E-state index contributed by atoms with van der Waals surface area (Å²) in [7, 11) is 0. The maximum Gasteiger partial charge on any atom is 0.147 e. The summed E-state index contributed by atoms with van der Waals surface area (Å²) in [5.41, 5.74) is 1.04. The Hall–Kier alpha value is -1.16. The molecule has 4 heteroatoms. The lowest BCUT2D eigenvalue weighted by molar-refractivity contribution is 0.502. The Balaban J connectivity index is 2.03. The minimum Gasteiger partial charge on any atom is -0.352 e. The second kappa shape index (κ2) is 7.74. The van der Waals surface area contributed by atoms with E-state index in [2.05, 4.69) is 47.9 Å². The first-order valence-corrected chi connectivity index (χ1v) is 8.44. The fourth-order valence-electron chi connectivity index (χ4n) is 2.68. The summed E-state index contributed by atoms with van der Waals surface area (Å²) < 4.78 is 0. The highest BCUT2D eigenvalue weighted by molar-refractivity contribution is 5.37. The molecule has 1 heterocycles. The van der Waals surface area contributed by atoms with Gasteiger partial charge in [-0.2, -0.15) is 0 Å². The van der Waals surface area contributed by atoms with Crippen molar-refractivity contribution < 1.29 is 0 Å². The van der Waals surface area contributed by atoms with E-state index >= 15 is 0 Å². The molecule has 1 fully saturated rings. The Labute approximate surface area is 129 Å². The molecule has 0 atom stereocenters. The second-order valence-electron chi connectivity index (χ2n) is 6.54. The second-order valence-corrected chi connectivity index (χ2v) is 6.54. The van der Waals surface area contributed by atoms with Gasteiger partial charge in [-0.1, -0.05) is 27.7 Å². The van der Waals surface area contributed by atoms with E-state index < -0.39 is 0 Å². The molecule has 4 nitrogen and oxygen atoms in total. The van der Waals surface area contributed by atoms with Gasteiger partial charge in [0.2, 0.25) is 0 Å². The van der Waals surface area contributed by atoms with E-state index in [1.807, 2.05) is 12.4 Å². The van der Waals surface area contributed by atoms with Crippen LogP contribution in [0.3, 0.4) is 0 Å². The van der Waals surface area contributed by atoms with Crippen LogP contribution >= 0.6 is 0 Å². The Bertz CT molecular complexity index is 407. The molecule has 1 aromatic rings. The van der Waals surface area contributed by atoms with Gasteiger partial charge in [0.15, 0.2) is 0 Å². The molecule has 1 aliphatic carbocycles. The molecule has 1 N–H and O–H groups in total. The molecule has 0 aromatic carbocycles. The van der Waals surface area contributed by atoms with Crippen LogP contribution in [0.25, 0.3) is 0 Å². The summed E-state index contributed by atoms with van der Waals surface area (Å²) >= 11 is 0. The molecule has 1 saturated carbocycles. The number of rotatable bonds is 9. The monoisotopic (exact) mass is 290 g/mol. The van der Waals surface area contributed by atoms with Crippen LogP contribution in [0.1, 0.15) is 59.1 Å². The summed E-state index contributed by atoms with van der Waals surface area (Å²) in [4.78, 5) is 11.7. The number of hydrogen-bond acceptors (Lipinski definition) is 4. The summed E-state index contributed by atoms with van der Waals surface area (Å²) in [6.07, 6.45) is 8.79. The van der Waals surface area contributed by atoms with Crippen molar-refractivity contribution >= 4 is 5.82 Å². The Morgan fingerprint density at radius 3 is 2.38 bits per heavy atom. The number of nitrogens with zero attached hydrogens (tertiary/aromatic N) is 3. The summed E-state index contributed by atoms with van der Waals surface area (Å²) in [6, 6.07) is 1.27. The number of aromatic nitrogens is 2. The predicted molar refractivity (Wildman–Crippen MR) is 88.4 cm³/mol. The molecule has 0 unspecified atom stereocenters. The van der Waals surface area contributed by atoms with Crippen molar-refractivity contribution in [1.82, 2.24) is 15.3 Å². The predicted octanol–water partition coefficient (Wildman–Crippen LogP) is 3.38. The van der Waals surface area contributed by atoms with Crippen LogP contribution in [-0.4, -0.2) is 28.6 Å². The minimum absolute atomic E-state index is 0.553. The van der Waals surface area contributed by atoms with Crippen LogP contribution in [0, 0.1) is 5.92 Å². The largest absolute Gasteiger partial charge is 0.352 e. The van der Waals surface area contributed by atoms with Gasteiger partial charge in [0.25, 0.3) is 0 Å². The first kappa shape index (κ1) is 16.2. The standard InChI is InChI=1S/C17H30N4/c1-5-16(6-2)21(12-13(3)4)17-11-19-15(10-20-17)9-18-14-7-8-14/h10-11,13-14,16,18H,5-9,12H2,1-4H3. The van der Waals surface area contributed by atoms with Crippen LogP contribution in [0.5, 0.6) is 0 Å². The zero-order valence-electron chi connectivity index (χ0n) is 14.0. The fraction of sp³-hybridized carbons (Fsp3) is 0.765. The first-order valence-electron chi connectivity index (χ1n) is 8.44. The molecule has 1 aliphatic rings. The van der Waals surface area contributed by atoms with E-state index in [4.69, 9.17) is 0 Å². The van der Waals surface area contributed by atoms with Gasteiger partial charge in [0.1, 0.15) is 5.82 Å². The zero-order valence-corrected chi connectivity index (χ0v) is 14.0. The Morgan fingerprint density at radius 1 is 1.19 bits per heavy atom. The zero-order chi connectivity index (χ0) is 15.2. The molecule has 1 aromatic heterocycles. The molecule has 118 valence electrons. The quantitative estimate of drug-likeness (QED) is 0.757. The Morgan fingerprint density at radius 2 is 1.90 bits per heavy atom. The third kappa shape index (κ3) is 4.95. The first-order chi connectivity index (χ1) is 10.1. The van der Waals surface area contributed by atoms with Crippen molar-refractivity contribution in [2.75, 3.05) is 11.4 Å². The van der Waals surface area contributed by atoms with Crippen molar-refractivity contribution in [3.63, 3.8) is 0 Å². The van der Waals surface area contributed by atoms with Crippen LogP contribution < -0.4 is 10.2 Å². The summed E-state index contributed by atoms with van der Waals surface area (Å²) in [5, 5.41) is 3.48. The van der Waals surface area contributed by atoms with E-state index in [-0.39, 0.29) is 0 Å². The van der Waals surface area contributed by atoms with Gasteiger partial charge in [-0.25, -0.2) is 4.98 Å². The Kier molecular flexibility index (Phi) is 5.97. The molecule has 2 rings (SSSR count). The van der Waals surface area contributed by atoms with E-state index in [0.717, 1.165) is 37.4 Å². The van der Waals surface area contributed by atoms with Crippen LogP contribution in [0.2, 0.25) is 0 Å². The molecule has 21 heavy (non-hydrogen) atoms. The van der Waals surface area contributed by atoms with Crippen molar-refractivity contribution in [3.05, 3.63) is 18.1 Å². The third-order valence-electron chi connectivity index (χ3n) is 4.08. The molecular formula is C17H30N4. The lowest BCUT2D eigenvalue weighted by Crippen LogP contribution is -2.38. The van der Waals surface area contributed by atoms with Gasteiger partial charge >= 0.3 is 0 Å². The van der Waals surface area contributed by atoms with Crippen molar-refractivity contribution in [1.29, 1.82) is 0 Å². The normalized spacial score (nSPS) is 15.0. The lowest BCUT2D eigenvalue weighted by atomic mass is 10.1. The van der Waals surface area contributed by atoms with E-state index in [1.165, 1.54) is 12.8 Å². The van der Waals surface area contributed by atoms with Gasteiger partial charge < -0.3 is 10.2 Å². The van der Waals surface area contributed by atoms with Gasteiger partial charge in [-0.15, -0.1) is 0 Å². The topological polar surface area (TPSA) is 41.1 Å². The van der Waals surface area contributed by atoms with Gasteiger partial charge in [0.05, 0.1) is 18.1 Å². The molecule has 0 amide bonds.